The molecule has 0 bridgehead atoms. The first-order valence-electron chi connectivity index (χ1n) is 5.57. The Morgan fingerprint density at radius 1 is 1.29 bits per heavy atom. The lowest BCUT2D eigenvalue weighted by Gasteiger charge is -2.08. The van der Waals surface area contributed by atoms with Gasteiger partial charge < -0.3 is 10.1 Å². The summed E-state index contributed by atoms with van der Waals surface area (Å²) in [7, 11) is 0. The molecule has 0 aromatic heterocycles. The molecule has 0 aromatic carbocycles. The van der Waals surface area contributed by atoms with E-state index in [1.165, 1.54) is 19.3 Å². The van der Waals surface area contributed by atoms with Gasteiger partial charge in [0.05, 0.1) is 12.6 Å². The molecule has 0 fully saturated rings. The maximum absolute atomic E-state index is 11.1. The van der Waals surface area contributed by atoms with Crippen molar-refractivity contribution >= 4 is 5.97 Å². The summed E-state index contributed by atoms with van der Waals surface area (Å²) in [5.74, 6) is -0.157. The largest absolute Gasteiger partial charge is 0.462 e. The predicted molar refractivity (Wildman–Crippen MR) is 58.2 cm³/mol. The normalized spacial score (nSPS) is 10.6. The molecule has 0 aliphatic heterocycles. The highest BCUT2D eigenvalue weighted by Gasteiger charge is 2.03. The smallest absolute Gasteiger partial charge is 0.320 e. The van der Waals surface area contributed by atoms with E-state index in [0.717, 1.165) is 13.0 Å². The zero-order valence-corrected chi connectivity index (χ0v) is 9.64. The van der Waals surface area contributed by atoms with E-state index >= 15 is 0 Å². The number of carbonyl (C=O) groups excluding carboxylic acids is 1. The first kappa shape index (κ1) is 13.4. The van der Waals surface area contributed by atoms with Gasteiger partial charge in [-0.1, -0.05) is 26.2 Å². The molecular weight excluding hydrogens is 178 g/mol. The monoisotopic (exact) mass is 201 g/mol. The highest BCUT2D eigenvalue weighted by Crippen LogP contribution is 1.96. The van der Waals surface area contributed by atoms with Crippen LogP contribution in [0, 0.1) is 0 Å². The molecule has 3 heteroatoms. The minimum atomic E-state index is -0.157. The molecule has 0 spiro atoms. The fourth-order valence-electron chi connectivity index (χ4n) is 1.17. The van der Waals surface area contributed by atoms with Gasteiger partial charge in [0, 0.05) is 0 Å². The van der Waals surface area contributed by atoms with Gasteiger partial charge >= 0.3 is 5.97 Å². The quantitative estimate of drug-likeness (QED) is 0.483. The van der Waals surface area contributed by atoms with Crippen molar-refractivity contribution in [3.8, 4) is 0 Å². The highest BCUT2D eigenvalue weighted by molar-refractivity contribution is 5.71. The Hall–Kier alpha value is -0.570. The molecule has 0 radical (unpaired) electrons. The second kappa shape index (κ2) is 9.00. The van der Waals surface area contributed by atoms with Crippen LogP contribution in [0.1, 0.15) is 46.5 Å². The third-order valence-electron chi connectivity index (χ3n) is 1.84. The number of rotatable bonds is 8. The molecule has 0 aliphatic carbocycles. The topological polar surface area (TPSA) is 38.3 Å². The van der Waals surface area contributed by atoms with Crippen molar-refractivity contribution in [1.82, 2.24) is 5.32 Å². The third kappa shape index (κ3) is 9.52. The van der Waals surface area contributed by atoms with E-state index in [2.05, 4.69) is 12.2 Å². The molecule has 0 saturated carbocycles. The number of nitrogens with one attached hydrogen (secondary N) is 1. The van der Waals surface area contributed by atoms with Crippen molar-refractivity contribution in [2.24, 2.45) is 0 Å². The Bertz CT molecular complexity index is 146. The van der Waals surface area contributed by atoms with E-state index in [9.17, 15) is 4.79 Å². The maximum Gasteiger partial charge on any atom is 0.320 e. The number of hydrogen-bond donors (Lipinski definition) is 1. The maximum atomic E-state index is 11.1. The lowest BCUT2D eigenvalue weighted by molar-refractivity contribution is -0.146. The van der Waals surface area contributed by atoms with Crippen LogP contribution in [0.5, 0.6) is 0 Å². The molecule has 84 valence electrons. The van der Waals surface area contributed by atoms with Crippen molar-refractivity contribution < 1.29 is 9.53 Å². The van der Waals surface area contributed by atoms with Crippen molar-refractivity contribution in [2.75, 3.05) is 13.1 Å². The number of hydrogen-bond acceptors (Lipinski definition) is 3. The summed E-state index contributed by atoms with van der Waals surface area (Å²) in [6.45, 7) is 7.16. The Labute approximate surface area is 87.2 Å². The van der Waals surface area contributed by atoms with E-state index in [4.69, 9.17) is 4.74 Å². The SMILES string of the molecule is CCCCCCNCC(=O)OC(C)C. The van der Waals surface area contributed by atoms with Crippen LogP contribution in [0.3, 0.4) is 0 Å². The van der Waals surface area contributed by atoms with Crippen LogP contribution in [0.25, 0.3) is 0 Å². The summed E-state index contributed by atoms with van der Waals surface area (Å²) < 4.78 is 4.98. The molecule has 1 N–H and O–H groups in total. The molecule has 0 amide bonds. The van der Waals surface area contributed by atoms with Gasteiger partial charge in [-0.2, -0.15) is 0 Å². The van der Waals surface area contributed by atoms with Gasteiger partial charge in [0.15, 0.2) is 0 Å². The van der Waals surface area contributed by atoms with Crippen molar-refractivity contribution in [2.45, 2.75) is 52.6 Å². The summed E-state index contributed by atoms with van der Waals surface area (Å²) in [4.78, 5) is 11.1. The van der Waals surface area contributed by atoms with Crippen LogP contribution in [0.2, 0.25) is 0 Å². The molecule has 0 atom stereocenters. The summed E-state index contributed by atoms with van der Waals surface area (Å²) in [6, 6.07) is 0. The van der Waals surface area contributed by atoms with Gasteiger partial charge in [-0.05, 0) is 26.8 Å². The van der Waals surface area contributed by atoms with Crippen LogP contribution in [-0.4, -0.2) is 25.2 Å². The average Bonchev–Trinajstić information content (AvgIpc) is 2.10. The van der Waals surface area contributed by atoms with Crippen molar-refractivity contribution in [1.29, 1.82) is 0 Å². The number of ether oxygens (including phenoxy) is 1. The van der Waals surface area contributed by atoms with Crippen LogP contribution in [0.15, 0.2) is 0 Å². The summed E-state index contributed by atoms with van der Waals surface area (Å²) >= 11 is 0. The van der Waals surface area contributed by atoms with Crippen molar-refractivity contribution in [3.05, 3.63) is 0 Å². The van der Waals surface area contributed by atoms with E-state index in [0.29, 0.717) is 6.54 Å². The second-order valence-corrected chi connectivity index (χ2v) is 3.78. The third-order valence-corrected chi connectivity index (χ3v) is 1.84. The van der Waals surface area contributed by atoms with Gasteiger partial charge in [0.25, 0.3) is 0 Å². The molecule has 0 aromatic rings. The molecule has 0 unspecified atom stereocenters. The molecule has 0 heterocycles. The Balaban J connectivity index is 3.15. The predicted octanol–water partition coefficient (Wildman–Crippen LogP) is 2.11. The fraction of sp³-hybridized carbons (Fsp3) is 0.909. The Morgan fingerprint density at radius 2 is 2.00 bits per heavy atom. The second-order valence-electron chi connectivity index (χ2n) is 3.78. The Kier molecular flexibility index (Phi) is 8.64. The standard InChI is InChI=1S/C11H23NO2/c1-4-5-6-7-8-12-9-11(13)14-10(2)3/h10,12H,4-9H2,1-3H3. The molecule has 0 rings (SSSR count). The Morgan fingerprint density at radius 3 is 2.57 bits per heavy atom. The van der Waals surface area contributed by atoms with E-state index in [1.54, 1.807) is 0 Å². The summed E-state index contributed by atoms with van der Waals surface area (Å²) in [6.07, 6.45) is 4.89. The zero-order chi connectivity index (χ0) is 10.8. The minimum Gasteiger partial charge on any atom is -0.462 e. The van der Waals surface area contributed by atoms with Crippen molar-refractivity contribution in [3.63, 3.8) is 0 Å². The molecule has 0 saturated heterocycles. The number of unbranched alkanes of at least 4 members (excludes halogenated alkanes) is 3. The molecular formula is C11H23NO2. The number of esters is 1. The first-order valence-corrected chi connectivity index (χ1v) is 5.57. The minimum absolute atomic E-state index is 0.00982. The van der Waals surface area contributed by atoms with Crippen LogP contribution in [0.4, 0.5) is 0 Å². The van der Waals surface area contributed by atoms with E-state index in [1.807, 2.05) is 13.8 Å². The first-order chi connectivity index (χ1) is 6.66. The molecule has 14 heavy (non-hydrogen) atoms. The van der Waals surface area contributed by atoms with Crippen LogP contribution < -0.4 is 5.32 Å². The lowest BCUT2D eigenvalue weighted by atomic mass is 10.2. The zero-order valence-electron chi connectivity index (χ0n) is 9.64. The van der Waals surface area contributed by atoms with Gasteiger partial charge in [-0.25, -0.2) is 0 Å². The van der Waals surface area contributed by atoms with E-state index in [-0.39, 0.29) is 12.1 Å². The highest BCUT2D eigenvalue weighted by atomic mass is 16.5. The molecule has 3 nitrogen and oxygen atoms in total. The summed E-state index contributed by atoms with van der Waals surface area (Å²) in [5, 5.41) is 3.07. The average molecular weight is 201 g/mol. The van der Waals surface area contributed by atoms with Gasteiger partial charge in [0.1, 0.15) is 0 Å². The summed E-state index contributed by atoms with van der Waals surface area (Å²) in [5.41, 5.74) is 0. The number of carbonyl (C=O) groups is 1. The van der Waals surface area contributed by atoms with Crippen LogP contribution in [-0.2, 0) is 9.53 Å². The molecule has 0 aliphatic rings. The van der Waals surface area contributed by atoms with Gasteiger partial charge in [-0.15, -0.1) is 0 Å². The van der Waals surface area contributed by atoms with Gasteiger partial charge in [-0.3, -0.25) is 4.79 Å². The van der Waals surface area contributed by atoms with Gasteiger partial charge in [0.2, 0.25) is 0 Å². The fourth-order valence-corrected chi connectivity index (χ4v) is 1.17. The lowest BCUT2D eigenvalue weighted by Crippen LogP contribution is -2.27. The van der Waals surface area contributed by atoms with Crippen LogP contribution >= 0.6 is 0 Å². The van der Waals surface area contributed by atoms with E-state index < -0.39 is 0 Å².